The van der Waals surface area contributed by atoms with Crippen LogP contribution in [0.1, 0.15) is 26.2 Å². The number of fused-ring (bicyclic) bond motifs is 1. The topological polar surface area (TPSA) is 38.7 Å². The zero-order chi connectivity index (χ0) is 12.0. The molecule has 1 N–H and O–H groups in total. The fourth-order valence-corrected chi connectivity index (χ4v) is 4.30. The summed E-state index contributed by atoms with van der Waals surface area (Å²) in [6.45, 7) is 9.70. The van der Waals surface area contributed by atoms with Crippen molar-refractivity contribution in [2.24, 2.45) is 0 Å². The molecule has 94 valence electrons. The smallest absolute Gasteiger partial charge is 0.0862 e. The number of rotatable bonds is 1. The van der Waals surface area contributed by atoms with Crippen LogP contribution in [0.4, 0.5) is 0 Å². The molecule has 0 bridgehead atoms. The molecule has 0 aromatic carbocycles. The van der Waals surface area contributed by atoms with Crippen LogP contribution in [-0.4, -0.2) is 43.3 Å². The van der Waals surface area contributed by atoms with Gasteiger partial charge in [-0.05, 0) is 19.8 Å². The van der Waals surface area contributed by atoms with E-state index in [-0.39, 0.29) is 23.5 Å². The third-order valence-corrected chi connectivity index (χ3v) is 7.79. The maximum absolute atomic E-state index is 10.3. The second-order valence-corrected chi connectivity index (χ2v) is 11.8. The summed E-state index contributed by atoms with van der Waals surface area (Å²) < 4.78 is 11.9. The molecule has 2 aliphatic rings. The van der Waals surface area contributed by atoms with E-state index in [4.69, 9.17) is 9.47 Å². The van der Waals surface area contributed by atoms with Crippen molar-refractivity contribution in [3.8, 4) is 0 Å². The van der Waals surface area contributed by atoms with Crippen LogP contribution in [0.2, 0.25) is 19.6 Å². The lowest BCUT2D eigenvalue weighted by molar-refractivity contribution is -0.216. The Hall–Kier alpha value is 0.0969. The van der Waals surface area contributed by atoms with Gasteiger partial charge in [-0.1, -0.05) is 19.6 Å². The molecule has 0 aromatic heterocycles. The fourth-order valence-electron chi connectivity index (χ4n) is 2.68. The van der Waals surface area contributed by atoms with Gasteiger partial charge in [-0.3, -0.25) is 0 Å². The molecule has 3 nitrogen and oxygen atoms in total. The molecule has 2 fully saturated rings. The van der Waals surface area contributed by atoms with Gasteiger partial charge in [0.15, 0.2) is 0 Å². The van der Waals surface area contributed by atoms with Crippen LogP contribution in [0.3, 0.4) is 0 Å². The summed E-state index contributed by atoms with van der Waals surface area (Å²) in [5.74, 6) is 0. The molecule has 0 aliphatic carbocycles. The van der Waals surface area contributed by atoms with Gasteiger partial charge in [0.25, 0.3) is 0 Å². The summed E-state index contributed by atoms with van der Waals surface area (Å²) in [6, 6.07) is 0. The standard InChI is InChI=1S/C12H24O3Si/c1-12(16(2,3)4)11(13)8-10-9(15-12)6-5-7-14-10/h9-11,13H,5-8H2,1-4H3/t9-,10+,11-,12-/m1/s1. The van der Waals surface area contributed by atoms with Crippen LogP contribution in [0.5, 0.6) is 0 Å². The molecule has 0 unspecified atom stereocenters. The highest BCUT2D eigenvalue weighted by molar-refractivity contribution is 6.79. The van der Waals surface area contributed by atoms with Gasteiger partial charge < -0.3 is 14.6 Å². The lowest BCUT2D eigenvalue weighted by Gasteiger charge is -2.52. The van der Waals surface area contributed by atoms with Gasteiger partial charge in [0.1, 0.15) is 0 Å². The minimum absolute atomic E-state index is 0.119. The highest BCUT2D eigenvalue weighted by Crippen LogP contribution is 2.39. The molecular weight excluding hydrogens is 220 g/mol. The normalized spacial score (nSPS) is 45.2. The molecule has 0 aromatic rings. The van der Waals surface area contributed by atoms with Crippen molar-refractivity contribution < 1.29 is 14.6 Å². The average Bonchev–Trinajstić information content (AvgIpc) is 2.18. The van der Waals surface area contributed by atoms with Gasteiger partial charge in [-0.15, -0.1) is 0 Å². The zero-order valence-corrected chi connectivity index (χ0v) is 11.8. The van der Waals surface area contributed by atoms with E-state index < -0.39 is 8.07 Å². The second kappa shape index (κ2) is 4.09. The van der Waals surface area contributed by atoms with E-state index >= 15 is 0 Å². The molecule has 16 heavy (non-hydrogen) atoms. The van der Waals surface area contributed by atoms with Crippen LogP contribution in [0.15, 0.2) is 0 Å². The molecule has 2 saturated heterocycles. The molecule has 4 heteroatoms. The maximum atomic E-state index is 10.3. The SMILES string of the molecule is C[C@]1([Si](C)(C)C)O[C@@H]2CCCO[C@H]2C[C@H]1O. The average molecular weight is 244 g/mol. The predicted molar refractivity (Wildman–Crippen MR) is 66.2 cm³/mol. The van der Waals surface area contributed by atoms with Gasteiger partial charge in [-0.2, -0.15) is 0 Å². The van der Waals surface area contributed by atoms with Gasteiger partial charge in [0, 0.05) is 13.0 Å². The first-order valence-electron chi connectivity index (χ1n) is 6.32. The van der Waals surface area contributed by atoms with Crippen molar-refractivity contribution in [1.82, 2.24) is 0 Å². The first-order chi connectivity index (χ1) is 7.34. The van der Waals surface area contributed by atoms with Crippen LogP contribution in [-0.2, 0) is 9.47 Å². The van der Waals surface area contributed by atoms with Crippen LogP contribution in [0, 0.1) is 0 Å². The molecule has 2 aliphatic heterocycles. The summed E-state index contributed by atoms with van der Waals surface area (Å²) in [6.07, 6.45) is 2.85. The van der Waals surface area contributed by atoms with Crippen LogP contribution in [0.25, 0.3) is 0 Å². The van der Waals surface area contributed by atoms with Crippen molar-refractivity contribution in [1.29, 1.82) is 0 Å². The summed E-state index contributed by atoms with van der Waals surface area (Å²) >= 11 is 0. The summed E-state index contributed by atoms with van der Waals surface area (Å²) in [5, 5.41) is 10.0. The Morgan fingerprint density at radius 1 is 1.25 bits per heavy atom. The molecule has 2 rings (SSSR count). The summed E-state index contributed by atoms with van der Waals surface area (Å²) in [7, 11) is -1.55. The minimum Gasteiger partial charge on any atom is -0.390 e. The second-order valence-electron chi connectivity index (χ2n) is 6.32. The third kappa shape index (κ3) is 1.96. The highest BCUT2D eigenvalue weighted by Gasteiger charge is 2.53. The van der Waals surface area contributed by atoms with Crippen LogP contribution >= 0.6 is 0 Å². The Labute approximate surface area is 99.1 Å². The first-order valence-corrected chi connectivity index (χ1v) is 9.82. The van der Waals surface area contributed by atoms with Crippen molar-refractivity contribution in [2.75, 3.05) is 6.61 Å². The summed E-state index contributed by atoms with van der Waals surface area (Å²) in [4.78, 5) is 0. The Balaban J connectivity index is 2.17. The predicted octanol–water partition coefficient (Wildman–Crippen LogP) is 1.95. The fraction of sp³-hybridized carbons (Fsp3) is 1.00. The van der Waals surface area contributed by atoms with E-state index in [0.29, 0.717) is 0 Å². The quantitative estimate of drug-likeness (QED) is 0.717. The highest BCUT2D eigenvalue weighted by atomic mass is 28.3. The largest absolute Gasteiger partial charge is 0.390 e. The van der Waals surface area contributed by atoms with Gasteiger partial charge >= 0.3 is 0 Å². The monoisotopic (exact) mass is 244 g/mol. The number of hydrogen-bond acceptors (Lipinski definition) is 3. The van der Waals surface area contributed by atoms with Crippen molar-refractivity contribution in [3.63, 3.8) is 0 Å². The third-order valence-electron chi connectivity index (χ3n) is 4.36. The van der Waals surface area contributed by atoms with E-state index in [1.54, 1.807) is 0 Å². The lowest BCUT2D eigenvalue weighted by Crippen LogP contribution is -2.66. The maximum Gasteiger partial charge on any atom is 0.0862 e. The van der Waals surface area contributed by atoms with Gasteiger partial charge in [-0.25, -0.2) is 0 Å². The molecule has 0 amide bonds. The van der Waals surface area contributed by atoms with E-state index in [1.165, 1.54) is 0 Å². The Bertz CT molecular complexity index is 263. The lowest BCUT2D eigenvalue weighted by atomic mass is 9.94. The zero-order valence-electron chi connectivity index (χ0n) is 10.8. The van der Waals surface area contributed by atoms with E-state index in [0.717, 1.165) is 25.9 Å². The van der Waals surface area contributed by atoms with Crippen molar-refractivity contribution >= 4 is 8.07 Å². The van der Waals surface area contributed by atoms with Gasteiger partial charge in [0.2, 0.25) is 0 Å². The Morgan fingerprint density at radius 3 is 2.56 bits per heavy atom. The number of ether oxygens (including phenoxy) is 2. The molecule has 0 spiro atoms. The van der Waals surface area contributed by atoms with E-state index in [1.807, 2.05) is 0 Å². The van der Waals surface area contributed by atoms with Crippen molar-refractivity contribution in [2.45, 2.75) is 69.4 Å². The number of hydrogen-bond donors (Lipinski definition) is 1. The molecule has 4 atom stereocenters. The van der Waals surface area contributed by atoms with Gasteiger partial charge in [0.05, 0.1) is 31.6 Å². The van der Waals surface area contributed by atoms with E-state index in [2.05, 4.69) is 26.6 Å². The molecule has 0 radical (unpaired) electrons. The Kier molecular flexibility index (Phi) is 3.21. The molecular formula is C12H24O3Si. The minimum atomic E-state index is -1.55. The van der Waals surface area contributed by atoms with E-state index in [9.17, 15) is 5.11 Å². The Morgan fingerprint density at radius 2 is 1.94 bits per heavy atom. The number of aliphatic hydroxyl groups excluding tert-OH is 1. The molecule has 2 heterocycles. The van der Waals surface area contributed by atoms with Crippen LogP contribution < -0.4 is 0 Å². The first kappa shape index (κ1) is 12.6. The summed E-state index contributed by atoms with van der Waals surface area (Å²) in [5.41, 5.74) is 0. The van der Waals surface area contributed by atoms with Crippen molar-refractivity contribution in [3.05, 3.63) is 0 Å². The molecule has 0 saturated carbocycles. The number of aliphatic hydroxyl groups is 1.